The second-order valence-electron chi connectivity index (χ2n) is 14.7. The first-order chi connectivity index (χ1) is 23.7. The zero-order valence-electron chi connectivity index (χ0n) is 28.8. The number of sulfonamides is 1. The lowest BCUT2D eigenvalue weighted by Gasteiger charge is -2.36. The molecule has 6 rings (SSSR count). The summed E-state index contributed by atoms with van der Waals surface area (Å²) >= 11 is 0. The van der Waals surface area contributed by atoms with E-state index in [0.29, 0.717) is 43.1 Å². The van der Waals surface area contributed by atoms with Gasteiger partial charge in [-0.05, 0) is 67.0 Å². The summed E-state index contributed by atoms with van der Waals surface area (Å²) in [5, 5.41) is 18.1. The van der Waals surface area contributed by atoms with E-state index in [-0.39, 0.29) is 25.4 Å². The van der Waals surface area contributed by atoms with Crippen molar-refractivity contribution in [2.45, 2.75) is 88.2 Å². The number of carbonyl (C=O) groups excluding carboxylic acids is 4. The van der Waals surface area contributed by atoms with Crippen molar-refractivity contribution in [3.63, 3.8) is 0 Å². The lowest BCUT2D eigenvalue weighted by molar-refractivity contribution is -0.142. The molecule has 50 heavy (non-hydrogen) atoms. The fraction of sp³-hybridized carbons (Fsp3) is 0.606. The fourth-order valence-corrected chi connectivity index (χ4v) is 8.04. The van der Waals surface area contributed by atoms with Gasteiger partial charge in [0.1, 0.15) is 23.4 Å². The zero-order chi connectivity index (χ0) is 36.0. The van der Waals surface area contributed by atoms with E-state index in [0.717, 1.165) is 12.8 Å². The molecular weight excluding hydrogens is 666 g/mol. The molecule has 2 aliphatic carbocycles. The summed E-state index contributed by atoms with van der Waals surface area (Å²) in [7, 11) is -2.32. The molecule has 0 radical (unpaired) electrons. The molecule has 16 nitrogen and oxygen atoms in total. The molecule has 0 unspecified atom stereocenters. The number of amides is 5. The Morgan fingerprint density at radius 3 is 2.36 bits per heavy atom. The number of methoxy groups -OCH3 is 1. The smallest absolute Gasteiger partial charge is 0.318 e. The van der Waals surface area contributed by atoms with E-state index in [2.05, 4.69) is 37.3 Å². The number of rotatable bonds is 11. The minimum absolute atomic E-state index is 0.0155. The standard InChI is InChI=1S/C33H45N9O7S/c1-6-21-18-33(21,30(45)38-50(47,48)24-13-14-24)35-28(43)25-17-22(42-37-27(36-39-42)20-9-11-23(49-5)12-10-20)19-41(25)29(44)26(32(2,3)4)34-31(46)40-15-7-8-16-40/h6,9-12,21-22,24-26H,1,7-8,13-19H2,2-5H3,(H,34,46)(H,35,43)(H,38,45)/t21-,22-,25+,26-,33-/m1/s1. The van der Waals surface area contributed by atoms with Gasteiger partial charge in [0.15, 0.2) is 0 Å². The summed E-state index contributed by atoms with van der Waals surface area (Å²) in [6.07, 6.45) is 4.43. The second kappa shape index (κ2) is 13.3. The van der Waals surface area contributed by atoms with Gasteiger partial charge in [-0.15, -0.1) is 16.8 Å². The number of nitrogens with zero attached hydrogens (tertiary/aromatic N) is 6. The van der Waals surface area contributed by atoms with Crippen LogP contribution in [0.25, 0.3) is 11.4 Å². The summed E-state index contributed by atoms with van der Waals surface area (Å²) < 4.78 is 32.7. The summed E-state index contributed by atoms with van der Waals surface area (Å²) in [4.78, 5) is 59.8. The average Bonchev–Trinajstić information content (AvgIpc) is 3.82. The number of ether oxygens (including phenoxy) is 1. The Kier molecular flexibility index (Phi) is 9.39. The second-order valence-corrected chi connectivity index (χ2v) is 16.6. The lowest BCUT2D eigenvalue weighted by atomic mass is 9.85. The van der Waals surface area contributed by atoms with Gasteiger partial charge < -0.3 is 25.2 Å². The minimum atomic E-state index is -3.88. The number of likely N-dealkylation sites (tertiary alicyclic amines) is 2. The first-order valence-electron chi connectivity index (χ1n) is 17.0. The van der Waals surface area contributed by atoms with Crippen molar-refractivity contribution in [3.8, 4) is 17.1 Å². The number of carbonyl (C=O) groups is 4. The quantitative estimate of drug-likeness (QED) is 0.286. The van der Waals surface area contributed by atoms with E-state index in [9.17, 15) is 27.6 Å². The molecule has 5 amide bonds. The molecule has 4 fully saturated rings. The van der Waals surface area contributed by atoms with Crippen molar-refractivity contribution in [2.75, 3.05) is 26.7 Å². The minimum Gasteiger partial charge on any atom is -0.497 e. The van der Waals surface area contributed by atoms with Crippen molar-refractivity contribution in [3.05, 3.63) is 36.9 Å². The third-order valence-corrected chi connectivity index (χ3v) is 11.8. The van der Waals surface area contributed by atoms with Crippen molar-refractivity contribution in [1.82, 2.24) is 45.4 Å². The molecule has 3 N–H and O–H groups in total. The van der Waals surface area contributed by atoms with Crippen LogP contribution in [0.3, 0.4) is 0 Å². The Bertz CT molecular complexity index is 1760. The summed E-state index contributed by atoms with van der Waals surface area (Å²) in [5.74, 6) is -1.46. The molecule has 2 saturated heterocycles. The average molecular weight is 712 g/mol. The van der Waals surface area contributed by atoms with Crippen LogP contribution in [0.15, 0.2) is 36.9 Å². The molecule has 2 aromatic rings. The van der Waals surface area contributed by atoms with E-state index in [1.54, 1.807) is 36.3 Å². The van der Waals surface area contributed by atoms with Crippen LogP contribution in [0.1, 0.15) is 65.3 Å². The largest absolute Gasteiger partial charge is 0.497 e. The van der Waals surface area contributed by atoms with Crippen LogP contribution in [-0.2, 0) is 24.4 Å². The molecule has 1 aromatic heterocycles. The molecule has 0 spiro atoms. The topological polar surface area (TPSA) is 198 Å². The Balaban J connectivity index is 1.28. The third kappa shape index (κ3) is 7.04. The molecule has 3 heterocycles. The summed E-state index contributed by atoms with van der Waals surface area (Å²) in [6, 6.07) is 4.08. The highest BCUT2D eigenvalue weighted by Gasteiger charge is 2.62. The van der Waals surface area contributed by atoms with Crippen molar-refractivity contribution in [2.24, 2.45) is 11.3 Å². The summed E-state index contributed by atoms with van der Waals surface area (Å²) in [6.45, 7) is 10.5. The Hall–Kier alpha value is -4.54. The molecule has 2 saturated carbocycles. The van der Waals surface area contributed by atoms with Gasteiger partial charge in [-0.25, -0.2) is 13.2 Å². The molecular formula is C33H45N9O7S. The van der Waals surface area contributed by atoms with Crippen LogP contribution in [0.2, 0.25) is 0 Å². The predicted octanol–water partition coefficient (Wildman–Crippen LogP) is 1.38. The van der Waals surface area contributed by atoms with Crippen LogP contribution in [0, 0.1) is 11.3 Å². The van der Waals surface area contributed by atoms with Crippen LogP contribution in [0.5, 0.6) is 5.75 Å². The Morgan fingerprint density at radius 1 is 1.10 bits per heavy atom. The maximum atomic E-state index is 14.5. The number of hydrogen-bond acceptors (Lipinski definition) is 10. The molecule has 4 aliphatic rings. The number of nitrogens with one attached hydrogen (secondary N) is 3. The fourth-order valence-electron chi connectivity index (χ4n) is 6.68. The highest BCUT2D eigenvalue weighted by atomic mass is 32.2. The molecule has 1 aromatic carbocycles. The normalized spacial score (nSPS) is 25.5. The first kappa shape index (κ1) is 35.3. The van der Waals surface area contributed by atoms with Crippen LogP contribution in [0.4, 0.5) is 4.79 Å². The van der Waals surface area contributed by atoms with E-state index < -0.39 is 68.0 Å². The number of urea groups is 1. The van der Waals surface area contributed by atoms with Crippen molar-refractivity contribution < 1.29 is 32.3 Å². The molecule has 0 bridgehead atoms. The van der Waals surface area contributed by atoms with Gasteiger partial charge in [0.2, 0.25) is 27.7 Å². The number of aromatic nitrogens is 4. The zero-order valence-corrected chi connectivity index (χ0v) is 29.6. The van der Waals surface area contributed by atoms with Crippen molar-refractivity contribution in [1.29, 1.82) is 0 Å². The van der Waals surface area contributed by atoms with Crippen LogP contribution >= 0.6 is 0 Å². The van der Waals surface area contributed by atoms with Crippen LogP contribution in [-0.4, -0.2) is 112 Å². The van der Waals surface area contributed by atoms with Crippen LogP contribution < -0.4 is 20.1 Å². The van der Waals surface area contributed by atoms with E-state index in [1.807, 2.05) is 20.8 Å². The Labute approximate surface area is 291 Å². The molecule has 17 heteroatoms. The van der Waals surface area contributed by atoms with Gasteiger partial charge in [-0.1, -0.05) is 26.8 Å². The highest BCUT2D eigenvalue weighted by molar-refractivity contribution is 7.91. The van der Waals surface area contributed by atoms with E-state index >= 15 is 0 Å². The SMILES string of the molecule is C=C[C@@H]1C[C@]1(NC(=O)[C@@H]1C[C@@H](n2nnc(-c3ccc(OC)cc3)n2)CN1C(=O)[C@@H](NC(=O)N1CCCC1)C(C)(C)C)C(=O)NS(=O)(=O)C1CC1. The van der Waals surface area contributed by atoms with E-state index in [4.69, 9.17) is 4.74 Å². The lowest BCUT2D eigenvalue weighted by Crippen LogP contribution is -2.61. The highest BCUT2D eigenvalue weighted by Crippen LogP contribution is 2.45. The number of hydrogen-bond donors (Lipinski definition) is 3. The van der Waals surface area contributed by atoms with Crippen molar-refractivity contribution >= 4 is 33.8 Å². The monoisotopic (exact) mass is 711 g/mol. The molecule has 270 valence electrons. The van der Waals surface area contributed by atoms with Gasteiger partial charge >= 0.3 is 6.03 Å². The molecule has 2 aliphatic heterocycles. The van der Waals surface area contributed by atoms with Gasteiger partial charge in [0.25, 0.3) is 5.91 Å². The number of benzene rings is 1. The van der Waals surface area contributed by atoms with Gasteiger partial charge in [-0.3, -0.25) is 19.1 Å². The maximum absolute atomic E-state index is 14.5. The van der Waals surface area contributed by atoms with Gasteiger partial charge in [0.05, 0.1) is 18.4 Å². The first-order valence-corrected chi connectivity index (χ1v) is 18.5. The summed E-state index contributed by atoms with van der Waals surface area (Å²) in [5.41, 5.74) is -1.58. The number of tetrazole rings is 1. The maximum Gasteiger partial charge on any atom is 0.318 e. The van der Waals surface area contributed by atoms with Gasteiger partial charge in [-0.2, -0.15) is 4.80 Å². The molecule has 5 atom stereocenters. The van der Waals surface area contributed by atoms with Gasteiger partial charge in [0, 0.05) is 37.5 Å². The third-order valence-electron chi connectivity index (χ3n) is 9.99. The Morgan fingerprint density at radius 2 is 1.78 bits per heavy atom. The predicted molar refractivity (Wildman–Crippen MR) is 181 cm³/mol. The van der Waals surface area contributed by atoms with E-state index in [1.165, 1.54) is 15.8 Å².